The summed E-state index contributed by atoms with van der Waals surface area (Å²) >= 11 is 0. The van der Waals surface area contributed by atoms with E-state index in [0.717, 1.165) is 25.9 Å². The third-order valence-corrected chi connectivity index (χ3v) is 4.67. The Bertz CT molecular complexity index is 540. The van der Waals surface area contributed by atoms with E-state index < -0.39 is 5.82 Å². The molecule has 1 atom stereocenters. The monoisotopic (exact) mass is 322 g/mol. The van der Waals surface area contributed by atoms with E-state index in [9.17, 15) is 9.18 Å². The zero-order valence-electron chi connectivity index (χ0n) is 13.3. The molecule has 6 heteroatoms. The molecule has 2 aliphatic rings. The predicted octanol–water partition coefficient (Wildman–Crippen LogP) is 2.24. The van der Waals surface area contributed by atoms with Crippen LogP contribution in [0.25, 0.3) is 0 Å². The van der Waals surface area contributed by atoms with Crippen LogP contribution in [0.4, 0.5) is 10.1 Å². The highest BCUT2D eigenvalue weighted by Gasteiger charge is 2.33. The summed E-state index contributed by atoms with van der Waals surface area (Å²) in [4.78, 5) is 14.5. The van der Waals surface area contributed by atoms with Gasteiger partial charge < -0.3 is 14.8 Å². The smallest absolute Gasteiger partial charge is 0.241 e. The van der Waals surface area contributed by atoms with Crippen molar-refractivity contribution in [3.63, 3.8) is 0 Å². The Labute approximate surface area is 135 Å². The molecule has 126 valence electrons. The highest BCUT2D eigenvalue weighted by Crippen LogP contribution is 2.27. The van der Waals surface area contributed by atoms with Crippen LogP contribution in [0.1, 0.15) is 19.8 Å². The lowest BCUT2D eigenvalue weighted by Gasteiger charge is -2.36. The molecule has 0 saturated carbocycles. The number of amides is 1. The van der Waals surface area contributed by atoms with E-state index >= 15 is 0 Å². The number of benzene rings is 1. The maximum absolute atomic E-state index is 13.6. The van der Waals surface area contributed by atoms with E-state index in [2.05, 4.69) is 10.2 Å². The van der Waals surface area contributed by atoms with E-state index in [0.29, 0.717) is 19.1 Å². The number of rotatable bonds is 4. The molecular weight excluding hydrogens is 299 g/mol. The lowest BCUT2D eigenvalue weighted by molar-refractivity contribution is -0.123. The van der Waals surface area contributed by atoms with Crippen LogP contribution in [0.5, 0.6) is 0 Å². The van der Waals surface area contributed by atoms with Crippen molar-refractivity contribution in [1.82, 2.24) is 4.90 Å². The molecule has 23 heavy (non-hydrogen) atoms. The Morgan fingerprint density at radius 3 is 2.57 bits per heavy atom. The number of carbonyl (C=O) groups is 1. The van der Waals surface area contributed by atoms with Crippen LogP contribution in [-0.4, -0.2) is 49.4 Å². The van der Waals surface area contributed by atoms with Crippen LogP contribution in [-0.2, 0) is 14.3 Å². The quantitative estimate of drug-likeness (QED) is 0.924. The average molecular weight is 322 g/mol. The fraction of sp³-hybridized carbons (Fsp3) is 0.588. The van der Waals surface area contributed by atoms with Gasteiger partial charge in [-0.1, -0.05) is 12.1 Å². The number of para-hydroxylation sites is 1. The molecule has 0 spiro atoms. The molecular formula is C17H23FN2O3. The normalized spacial score (nSPS) is 22.2. The Morgan fingerprint density at radius 2 is 1.91 bits per heavy atom. The van der Waals surface area contributed by atoms with Crippen molar-refractivity contribution in [3.05, 3.63) is 30.1 Å². The maximum atomic E-state index is 13.6. The average Bonchev–Trinajstić information content (AvgIpc) is 3.11. The summed E-state index contributed by atoms with van der Waals surface area (Å²) in [5, 5.41) is 2.67. The highest BCUT2D eigenvalue weighted by atomic mass is 19.1. The Hall–Kier alpha value is -1.50. The number of nitrogens with zero attached hydrogens (tertiary/aromatic N) is 1. The van der Waals surface area contributed by atoms with Gasteiger partial charge >= 0.3 is 0 Å². The first-order valence-corrected chi connectivity index (χ1v) is 8.18. The molecule has 0 aromatic heterocycles. The van der Waals surface area contributed by atoms with E-state index in [1.54, 1.807) is 18.2 Å². The first-order valence-electron chi connectivity index (χ1n) is 8.18. The van der Waals surface area contributed by atoms with E-state index in [-0.39, 0.29) is 23.9 Å². The number of likely N-dealkylation sites (tertiary alicyclic amines) is 1. The van der Waals surface area contributed by atoms with Gasteiger partial charge in [0.2, 0.25) is 5.91 Å². The number of ether oxygens (including phenoxy) is 2. The molecule has 5 nitrogen and oxygen atoms in total. The number of hydrogen-bond acceptors (Lipinski definition) is 4. The van der Waals surface area contributed by atoms with Gasteiger partial charge in [0, 0.05) is 5.92 Å². The summed E-state index contributed by atoms with van der Waals surface area (Å²) in [6, 6.07) is 5.93. The molecule has 2 fully saturated rings. The molecule has 1 unspecified atom stereocenters. The van der Waals surface area contributed by atoms with Gasteiger partial charge in [-0.15, -0.1) is 0 Å². The standard InChI is InChI=1S/C17H23FN2O3/c1-12(16(21)19-15-5-3-2-4-14(15)18)20-8-6-13(7-9-20)17-22-10-11-23-17/h2-5,12-13,17H,6-11H2,1H3,(H,19,21). The summed E-state index contributed by atoms with van der Waals surface area (Å²) in [5.41, 5.74) is 0.229. The van der Waals surface area contributed by atoms with Crippen LogP contribution in [0.2, 0.25) is 0 Å². The number of carbonyl (C=O) groups excluding carboxylic acids is 1. The lowest BCUT2D eigenvalue weighted by atomic mass is 9.95. The molecule has 1 aromatic rings. The van der Waals surface area contributed by atoms with Crippen LogP contribution in [0, 0.1) is 11.7 Å². The number of piperidine rings is 1. The van der Waals surface area contributed by atoms with Crippen LogP contribution >= 0.6 is 0 Å². The maximum Gasteiger partial charge on any atom is 0.241 e. The van der Waals surface area contributed by atoms with Gasteiger partial charge in [0.15, 0.2) is 6.29 Å². The minimum absolute atomic E-state index is 0.0836. The van der Waals surface area contributed by atoms with Crippen molar-refractivity contribution < 1.29 is 18.7 Å². The van der Waals surface area contributed by atoms with Crippen molar-refractivity contribution in [3.8, 4) is 0 Å². The van der Waals surface area contributed by atoms with Crippen LogP contribution in [0.3, 0.4) is 0 Å². The molecule has 0 aliphatic carbocycles. The Balaban J connectivity index is 1.51. The molecule has 2 aliphatic heterocycles. The Morgan fingerprint density at radius 1 is 1.26 bits per heavy atom. The molecule has 3 rings (SSSR count). The summed E-state index contributed by atoms with van der Waals surface area (Å²) in [5.74, 6) is -0.195. The second kappa shape index (κ2) is 7.38. The van der Waals surface area contributed by atoms with Crippen molar-refractivity contribution in [2.45, 2.75) is 32.1 Å². The number of hydrogen-bond donors (Lipinski definition) is 1. The lowest BCUT2D eigenvalue weighted by Crippen LogP contribution is -2.47. The minimum Gasteiger partial charge on any atom is -0.350 e. The molecule has 2 saturated heterocycles. The van der Waals surface area contributed by atoms with Gasteiger partial charge in [0.05, 0.1) is 24.9 Å². The van der Waals surface area contributed by atoms with Crippen LogP contribution in [0.15, 0.2) is 24.3 Å². The van der Waals surface area contributed by atoms with Crippen LogP contribution < -0.4 is 5.32 Å². The van der Waals surface area contributed by atoms with E-state index in [1.165, 1.54) is 6.07 Å². The number of anilines is 1. The van der Waals surface area contributed by atoms with E-state index in [1.807, 2.05) is 6.92 Å². The van der Waals surface area contributed by atoms with Gasteiger partial charge in [0.25, 0.3) is 0 Å². The largest absolute Gasteiger partial charge is 0.350 e. The molecule has 0 radical (unpaired) electrons. The fourth-order valence-corrected chi connectivity index (χ4v) is 3.19. The van der Waals surface area contributed by atoms with E-state index in [4.69, 9.17) is 9.47 Å². The van der Waals surface area contributed by atoms with Crippen molar-refractivity contribution in [2.75, 3.05) is 31.6 Å². The second-order valence-corrected chi connectivity index (χ2v) is 6.13. The first kappa shape index (κ1) is 16.4. The van der Waals surface area contributed by atoms with Gasteiger partial charge in [-0.3, -0.25) is 9.69 Å². The predicted molar refractivity (Wildman–Crippen MR) is 84.5 cm³/mol. The SMILES string of the molecule is CC(C(=O)Nc1ccccc1F)N1CCC(C2OCCO2)CC1. The molecule has 2 heterocycles. The van der Waals surface area contributed by atoms with Gasteiger partial charge in [-0.05, 0) is 45.0 Å². The first-order chi connectivity index (χ1) is 11.1. The second-order valence-electron chi connectivity index (χ2n) is 6.13. The molecule has 1 N–H and O–H groups in total. The summed E-state index contributed by atoms with van der Waals surface area (Å²) in [6.45, 7) is 4.84. The van der Waals surface area contributed by atoms with Crippen molar-refractivity contribution in [2.24, 2.45) is 5.92 Å². The minimum atomic E-state index is -0.415. The molecule has 1 amide bonds. The molecule has 0 bridgehead atoms. The van der Waals surface area contributed by atoms with Crippen molar-refractivity contribution in [1.29, 1.82) is 0 Å². The van der Waals surface area contributed by atoms with Gasteiger partial charge in [-0.2, -0.15) is 0 Å². The summed E-state index contributed by atoms with van der Waals surface area (Å²) < 4.78 is 24.8. The Kier molecular flexibility index (Phi) is 5.25. The van der Waals surface area contributed by atoms with Gasteiger partial charge in [0.1, 0.15) is 5.82 Å². The third-order valence-electron chi connectivity index (χ3n) is 4.67. The third kappa shape index (κ3) is 3.88. The molecule has 1 aromatic carbocycles. The number of nitrogens with one attached hydrogen (secondary N) is 1. The zero-order chi connectivity index (χ0) is 16.2. The number of halogens is 1. The zero-order valence-corrected chi connectivity index (χ0v) is 13.3. The van der Waals surface area contributed by atoms with Gasteiger partial charge in [-0.25, -0.2) is 4.39 Å². The highest BCUT2D eigenvalue weighted by molar-refractivity contribution is 5.94. The van der Waals surface area contributed by atoms with Crippen molar-refractivity contribution >= 4 is 11.6 Å². The summed E-state index contributed by atoms with van der Waals surface area (Å²) in [6.07, 6.45) is 1.81. The fourth-order valence-electron chi connectivity index (χ4n) is 3.19. The topological polar surface area (TPSA) is 50.8 Å². The summed E-state index contributed by atoms with van der Waals surface area (Å²) in [7, 11) is 0.